The first-order valence-electron chi connectivity index (χ1n) is 4.93. The van der Waals surface area contributed by atoms with Crippen LogP contribution < -0.4 is 0 Å². The number of hydrogen-bond donors (Lipinski definition) is 0. The molecule has 0 N–H and O–H groups in total. The molecule has 0 amide bonds. The molecule has 0 atom stereocenters. The molecule has 15 heavy (non-hydrogen) atoms. The van der Waals surface area contributed by atoms with Crippen molar-refractivity contribution in [2.24, 2.45) is 0 Å². The SMILES string of the molecule is [CH3][Sn]([CH3])([CH3])[n]1nnnc1-c1ccccc1. The van der Waals surface area contributed by atoms with E-state index in [-0.39, 0.29) is 0 Å². The minimum absolute atomic E-state index is 0.902. The Morgan fingerprint density at radius 2 is 1.73 bits per heavy atom. The second kappa shape index (κ2) is 3.92. The van der Waals surface area contributed by atoms with Crippen molar-refractivity contribution in [3.8, 4) is 11.4 Å². The summed E-state index contributed by atoms with van der Waals surface area (Å²) in [5.74, 6) is 0.902. The molecule has 0 spiro atoms. The molecule has 1 aromatic heterocycles. The number of benzene rings is 1. The Hall–Kier alpha value is -0.911. The quantitative estimate of drug-likeness (QED) is 0.797. The van der Waals surface area contributed by atoms with Crippen LogP contribution in [0.2, 0.25) is 14.8 Å². The number of aromatic nitrogens is 4. The second-order valence-electron chi connectivity index (χ2n) is 4.45. The summed E-state index contributed by atoms with van der Waals surface area (Å²) in [7, 11) is 0. The molecule has 0 saturated heterocycles. The molecular weight excluding hydrogens is 295 g/mol. The van der Waals surface area contributed by atoms with Crippen LogP contribution in [0.1, 0.15) is 0 Å². The Bertz CT molecular complexity index is 444. The summed E-state index contributed by atoms with van der Waals surface area (Å²) in [6.45, 7) is 0. The Morgan fingerprint density at radius 3 is 2.33 bits per heavy atom. The Kier molecular flexibility index (Phi) is 2.77. The third kappa shape index (κ3) is 2.19. The van der Waals surface area contributed by atoms with Gasteiger partial charge in [-0.3, -0.25) is 0 Å². The third-order valence-electron chi connectivity index (χ3n) is 2.14. The summed E-state index contributed by atoms with van der Waals surface area (Å²) in [6, 6.07) is 10.1. The molecule has 1 aromatic carbocycles. The first-order chi connectivity index (χ1) is 7.09. The van der Waals surface area contributed by atoms with E-state index in [9.17, 15) is 0 Å². The molecule has 78 valence electrons. The van der Waals surface area contributed by atoms with E-state index >= 15 is 0 Å². The summed E-state index contributed by atoms with van der Waals surface area (Å²) < 4.78 is 2.05. The summed E-state index contributed by atoms with van der Waals surface area (Å²) in [5, 5.41) is 12.0. The van der Waals surface area contributed by atoms with Gasteiger partial charge in [-0.15, -0.1) is 0 Å². The van der Waals surface area contributed by atoms with Crippen molar-refractivity contribution >= 4 is 18.7 Å². The van der Waals surface area contributed by atoms with Crippen LogP contribution in [0, 0.1) is 0 Å². The van der Waals surface area contributed by atoms with Gasteiger partial charge in [0.05, 0.1) is 0 Å². The van der Waals surface area contributed by atoms with Gasteiger partial charge in [-0.05, 0) is 0 Å². The van der Waals surface area contributed by atoms with E-state index in [4.69, 9.17) is 0 Å². The molecule has 0 unspecified atom stereocenters. The number of tetrazole rings is 1. The van der Waals surface area contributed by atoms with Gasteiger partial charge in [-0.1, -0.05) is 0 Å². The van der Waals surface area contributed by atoms with E-state index in [0.29, 0.717) is 0 Å². The second-order valence-corrected chi connectivity index (χ2v) is 18.1. The van der Waals surface area contributed by atoms with Crippen molar-refractivity contribution in [1.82, 2.24) is 18.4 Å². The third-order valence-corrected chi connectivity index (χ3v) is 6.62. The normalized spacial score (nSPS) is 11.7. The summed E-state index contributed by atoms with van der Waals surface area (Å²) in [6.07, 6.45) is 0. The molecule has 1 heterocycles. The molecule has 0 saturated carbocycles. The van der Waals surface area contributed by atoms with Crippen LogP contribution in [0.5, 0.6) is 0 Å². The zero-order chi connectivity index (χ0) is 10.9. The average Bonchev–Trinajstić information content (AvgIpc) is 2.67. The van der Waals surface area contributed by atoms with Gasteiger partial charge in [0.1, 0.15) is 0 Å². The monoisotopic (exact) mass is 310 g/mol. The zero-order valence-corrected chi connectivity index (χ0v) is 12.0. The molecule has 0 bridgehead atoms. The van der Waals surface area contributed by atoms with E-state index < -0.39 is 18.7 Å². The Morgan fingerprint density at radius 1 is 1.07 bits per heavy atom. The van der Waals surface area contributed by atoms with E-state index in [2.05, 4.69) is 30.3 Å². The summed E-state index contributed by atoms with van der Waals surface area (Å²) in [5.41, 5.74) is 1.09. The van der Waals surface area contributed by atoms with Crippen LogP contribution in [-0.4, -0.2) is 37.1 Å². The predicted molar refractivity (Wildman–Crippen MR) is 62.0 cm³/mol. The van der Waals surface area contributed by atoms with Crippen molar-refractivity contribution in [2.45, 2.75) is 14.8 Å². The topological polar surface area (TPSA) is 43.6 Å². The average molecular weight is 309 g/mol. The maximum absolute atomic E-state index is 4.11. The fraction of sp³-hybridized carbons (Fsp3) is 0.300. The van der Waals surface area contributed by atoms with Crippen molar-refractivity contribution in [2.75, 3.05) is 0 Å². The standard InChI is InChI=1S/C7H5N4.3CH3.Sn/c1-2-4-6(5-3-1)7-8-10-11-9-7;;;;/h1-5H;3*1H3;/q-1;;;;+1. The van der Waals surface area contributed by atoms with Gasteiger partial charge >= 0.3 is 93.6 Å². The van der Waals surface area contributed by atoms with Gasteiger partial charge in [-0.25, -0.2) is 0 Å². The van der Waals surface area contributed by atoms with E-state index in [1.165, 1.54) is 0 Å². The number of nitrogens with zero attached hydrogens (tertiary/aromatic N) is 4. The van der Waals surface area contributed by atoms with Crippen LogP contribution >= 0.6 is 0 Å². The van der Waals surface area contributed by atoms with Crippen molar-refractivity contribution in [3.63, 3.8) is 0 Å². The summed E-state index contributed by atoms with van der Waals surface area (Å²) >= 11 is -2.26. The Balaban J connectivity index is 2.51. The molecule has 0 aliphatic rings. The van der Waals surface area contributed by atoms with Crippen LogP contribution in [-0.2, 0) is 0 Å². The van der Waals surface area contributed by atoms with Gasteiger partial charge in [0.25, 0.3) is 0 Å². The van der Waals surface area contributed by atoms with Crippen molar-refractivity contribution in [1.29, 1.82) is 0 Å². The van der Waals surface area contributed by atoms with Gasteiger partial charge < -0.3 is 0 Å². The molecule has 4 nitrogen and oxygen atoms in total. The zero-order valence-electron chi connectivity index (χ0n) is 9.18. The van der Waals surface area contributed by atoms with Crippen LogP contribution in [0.25, 0.3) is 11.4 Å². The van der Waals surface area contributed by atoms with Crippen molar-refractivity contribution in [3.05, 3.63) is 30.3 Å². The van der Waals surface area contributed by atoms with E-state index in [1.54, 1.807) is 0 Å². The minimum atomic E-state index is -2.26. The predicted octanol–water partition coefficient (Wildman–Crippen LogP) is 2.02. The van der Waals surface area contributed by atoms with Crippen LogP contribution in [0.3, 0.4) is 0 Å². The first-order valence-corrected chi connectivity index (χ1v) is 14.8. The van der Waals surface area contributed by atoms with Gasteiger partial charge in [0.15, 0.2) is 0 Å². The van der Waals surface area contributed by atoms with E-state index in [0.717, 1.165) is 11.4 Å². The molecule has 0 radical (unpaired) electrons. The van der Waals surface area contributed by atoms with Crippen molar-refractivity contribution < 1.29 is 0 Å². The fourth-order valence-corrected chi connectivity index (χ4v) is 4.60. The number of rotatable bonds is 2. The maximum atomic E-state index is 4.11. The molecular formula is C10H14N4Sn. The van der Waals surface area contributed by atoms with Gasteiger partial charge in [0, 0.05) is 0 Å². The molecule has 0 fully saturated rings. The molecule has 0 aliphatic carbocycles. The molecule has 2 aromatic rings. The van der Waals surface area contributed by atoms with Gasteiger partial charge in [-0.2, -0.15) is 0 Å². The fourth-order valence-electron chi connectivity index (χ4n) is 1.41. The molecule has 0 aliphatic heterocycles. The molecule has 5 heteroatoms. The van der Waals surface area contributed by atoms with Gasteiger partial charge in [0.2, 0.25) is 0 Å². The van der Waals surface area contributed by atoms with Crippen LogP contribution in [0.15, 0.2) is 30.3 Å². The molecule has 2 rings (SSSR count). The number of hydrogen-bond acceptors (Lipinski definition) is 3. The Labute approximate surface area is 93.5 Å². The first kappa shape index (κ1) is 10.6. The van der Waals surface area contributed by atoms with Crippen LogP contribution in [0.4, 0.5) is 0 Å². The summed E-state index contributed by atoms with van der Waals surface area (Å²) in [4.78, 5) is 6.87. The van der Waals surface area contributed by atoms with E-state index in [1.807, 2.05) is 33.2 Å².